The Hall–Kier alpha value is -1.96. The van der Waals surface area contributed by atoms with E-state index in [1.807, 2.05) is 30.3 Å². The average molecular weight is 270 g/mol. The Balaban J connectivity index is 2.19. The predicted octanol–water partition coefficient (Wildman–Crippen LogP) is 5.01. The number of para-hydroxylation sites is 2. The third-order valence-corrected chi connectivity index (χ3v) is 3.33. The van der Waals surface area contributed by atoms with Crippen molar-refractivity contribution in [2.24, 2.45) is 0 Å². The van der Waals surface area contributed by atoms with Crippen molar-refractivity contribution in [3.8, 4) is 11.5 Å². The van der Waals surface area contributed by atoms with Gasteiger partial charge >= 0.3 is 0 Å². The molecule has 2 nitrogen and oxygen atoms in total. The Labute approximate surface area is 121 Å². The zero-order valence-electron chi connectivity index (χ0n) is 12.2. The van der Waals surface area contributed by atoms with Crippen molar-refractivity contribution in [1.82, 2.24) is 0 Å². The van der Waals surface area contributed by atoms with Crippen molar-refractivity contribution in [2.45, 2.75) is 32.3 Å². The van der Waals surface area contributed by atoms with Gasteiger partial charge in [0.05, 0.1) is 7.11 Å². The number of rotatable bonds is 7. The molecule has 1 unspecified atom stereocenters. The maximum Gasteiger partial charge on any atom is 0.162 e. The van der Waals surface area contributed by atoms with Crippen LogP contribution in [0.3, 0.4) is 0 Å². The normalized spacial score (nSPS) is 11.9. The number of unbranched alkanes of at least 4 members (excludes halogenated alkanes) is 1. The van der Waals surface area contributed by atoms with Crippen molar-refractivity contribution in [3.05, 3.63) is 60.2 Å². The fourth-order valence-electron chi connectivity index (χ4n) is 2.22. The van der Waals surface area contributed by atoms with Gasteiger partial charge in [-0.25, -0.2) is 0 Å². The summed E-state index contributed by atoms with van der Waals surface area (Å²) in [5, 5.41) is 0. The van der Waals surface area contributed by atoms with Gasteiger partial charge < -0.3 is 9.47 Å². The molecule has 20 heavy (non-hydrogen) atoms. The number of methoxy groups -OCH3 is 1. The van der Waals surface area contributed by atoms with Gasteiger partial charge in [0.15, 0.2) is 11.5 Å². The Bertz CT molecular complexity index is 508. The molecule has 0 saturated heterocycles. The predicted molar refractivity (Wildman–Crippen MR) is 82.3 cm³/mol. The Morgan fingerprint density at radius 3 is 2.20 bits per heavy atom. The van der Waals surface area contributed by atoms with Crippen molar-refractivity contribution in [2.75, 3.05) is 7.11 Å². The van der Waals surface area contributed by atoms with Gasteiger partial charge in [-0.1, -0.05) is 55.8 Å². The topological polar surface area (TPSA) is 18.5 Å². The van der Waals surface area contributed by atoms with Gasteiger partial charge in [0.25, 0.3) is 0 Å². The monoisotopic (exact) mass is 270 g/mol. The van der Waals surface area contributed by atoms with Crippen LogP contribution in [0.2, 0.25) is 0 Å². The Kier molecular flexibility index (Phi) is 5.48. The largest absolute Gasteiger partial charge is 0.493 e. The molecule has 0 heterocycles. The highest BCUT2D eigenvalue weighted by molar-refractivity contribution is 5.40. The van der Waals surface area contributed by atoms with Gasteiger partial charge in [-0.15, -0.1) is 0 Å². The first-order chi connectivity index (χ1) is 9.85. The summed E-state index contributed by atoms with van der Waals surface area (Å²) >= 11 is 0. The molecule has 2 aromatic carbocycles. The molecule has 0 saturated carbocycles. The molecule has 106 valence electrons. The maximum atomic E-state index is 6.20. The van der Waals surface area contributed by atoms with Crippen LogP contribution in [0.5, 0.6) is 11.5 Å². The molecular weight excluding hydrogens is 248 g/mol. The first-order valence-corrected chi connectivity index (χ1v) is 7.19. The van der Waals surface area contributed by atoms with E-state index in [-0.39, 0.29) is 6.10 Å². The summed E-state index contributed by atoms with van der Waals surface area (Å²) in [5.74, 6) is 1.59. The van der Waals surface area contributed by atoms with Crippen LogP contribution in [0, 0.1) is 0 Å². The van der Waals surface area contributed by atoms with Gasteiger partial charge in [0, 0.05) is 0 Å². The maximum absolute atomic E-state index is 6.20. The lowest BCUT2D eigenvalue weighted by Crippen LogP contribution is -2.08. The molecule has 0 spiro atoms. The minimum atomic E-state index is 0.0763. The van der Waals surface area contributed by atoms with E-state index in [1.54, 1.807) is 7.11 Å². The van der Waals surface area contributed by atoms with Gasteiger partial charge in [-0.2, -0.15) is 0 Å². The summed E-state index contributed by atoms with van der Waals surface area (Å²) in [4.78, 5) is 0. The minimum Gasteiger partial charge on any atom is -0.493 e. The summed E-state index contributed by atoms with van der Waals surface area (Å²) in [6.07, 6.45) is 3.40. The lowest BCUT2D eigenvalue weighted by molar-refractivity contribution is 0.183. The van der Waals surface area contributed by atoms with Gasteiger partial charge in [-0.05, 0) is 30.5 Å². The van der Waals surface area contributed by atoms with Crippen molar-refractivity contribution < 1.29 is 9.47 Å². The first kappa shape index (κ1) is 14.4. The van der Waals surface area contributed by atoms with Crippen LogP contribution in [-0.4, -0.2) is 7.11 Å². The highest BCUT2D eigenvalue weighted by Gasteiger charge is 2.14. The smallest absolute Gasteiger partial charge is 0.162 e. The highest BCUT2D eigenvalue weighted by atomic mass is 16.5. The SMILES string of the molecule is CCCCC(Oc1ccccc1OC)c1ccccc1. The molecule has 0 fully saturated rings. The molecule has 0 radical (unpaired) electrons. The quantitative estimate of drug-likeness (QED) is 0.704. The fourth-order valence-corrected chi connectivity index (χ4v) is 2.22. The molecule has 0 aliphatic heterocycles. The van der Waals surface area contributed by atoms with E-state index in [0.29, 0.717) is 0 Å². The summed E-state index contributed by atoms with van der Waals surface area (Å²) in [7, 11) is 1.67. The molecule has 2 heteroatoms. The second kappa shape index (κ2) is 7.59. The lowest BCUT2D eigenvalue weighted by atomic mass is 10.0. The molecule has 2 aromatic rings. The second-order valence-corrected chi connectivity index (χ2v) is 4.81. The molecule has 0 N–H and O–H groups in total. The molecule has 0 amide bonds. The summed E-state index contributed by atoms with van der Waals surface area (Å²) in [6.45, 7) is 2.20. The second-order valence-electron chi connectivity index (χ2n) is 4.81. The summed E-state index contributed by atoms with van der Waals surface area (Å²) < 4.78 is 11.6. The molecule has 1 atom stereocenters. The molecule has 0 aromatic heterocycles. The standard InChI is InChI=1S/C18H22O2/c1-3-4-12-16(15-10-6-5-7-11-15)20-18-14-9-8-13-17(18)19-2/h5-11,13-14,16H,3-4,12H2,1-2H3. The third kappa shape index (κ3) is 3.77. The van der Waals surface area contributed by atoms with Crippen molar-refractivity contribution >= 4 is 0 Å². The molecular formula is C18H22O2. The highest BCUT2D eigenvalue weighted by Crippen LogP contribution is 2.32. The minimum absolute atomic E-state index is 0.0763. The van der Waals surface area contributed by atoms with Crippen LogP contribution in [0.15, 0.2) is 54.6 Å². The average Bonchev–Trinajstić information content (AvgIpc) is 2.52. The van der Waals surface area contributed by atoms with E-state index in [1.165, 1.54) is 12.0 Å². The summed E-state index contributed by atoms with van der Waals surface area (Å²) in [5.41, 5.74) is 1.21. The third-order valence-electron chi connectivity index (χ3n) is 3.33. The van der Waals surface area contributed by atoms with Crippen LogP contribution in [0.1, 0.15) is 37.9 Å². The van der Waals surface area contributed by atoms with Gasteiger partial charge in [-0.3, -0.25) is 0 Å². The van der Waals surface area contributed by atoms with Crippen LogP contribution in [-0.2, 0) is 0 Å². The zero-order chi connectivity index (χ0) is 14.2. The fraction of sp³-hybridized carbons (Fsp3) is 0.333. The van der Waals surface area contributed by atoms with Crippen LogP contribution < -0.4 is 9.47 Å². The number of benzene rings is 2. The van der Waals surface area contributed by atoms with Crippen LogP contribution in [0.25, 0.3) is 0 Å². The Morgan fingerprint density at radius 2 is 1.55 bits per heavy atom. The van der Waals surface area contributed by atoms with Gasteiger partial charge in [0.1, 0.15) is 6.10 Å². The van der Waals surface area contributed by atoms with Crippen LogP contribution in [0.4, 0.5) is 0 Å². The van der Waals surface area contributed by atoms with E-state index >= 15 is 0 Å². The number of hydrogen-bond acceptors (Lipinski definition) is 2. The van der Waals surface area contributed by atoms with E-state index in [4.69, 9.17) is 9.47 Å². The summed E-state index contributed by atoms with van der Waals surface area (Å²) in [6, 6.07) is 18.2. The first-order valence-electron chi connectivity index (χ1n) is 7.19. The van der Waals surface area contributed by atoms with E-state index < -0.39 is 0 Å². The van der Waals surface area contributed by atoms with E-state index in [9.17, 15) is 0 Å². The number of ether oxygens (including phenoxy) is 2. The van der Waals surface area contributed by atoms with E-state index in [0.717, 1.165) is 24.3 Å². The van der Waals surface area contributed by atoms with Gasteiger partial charge in [0.2, 0.25) is 0 Å². The molecule has 0 bridgehead atoms. The lowest BCUT2D eigenvalue weighted by Gasteiger charge is -2.20. The van der Waals surface area contributed by atoms with Crippen molar-refractivity contribution in [3.63, 3.8) is 0 Å². The number of hydrogen-bond donors (Lipinski definition) is 0. The molecule has 0 aliphatic carbocycles. The van der Waals surface area contributed by atoms with Crippen LogP contribution >= 0.6 is 0 Å². The molecule has 0 aliphatic rings. The molecule has 2 rings (SSSR count). The Morgan fingerprint density at radius 1 is 0.900 bits per heavy atom. The zero-order valence-corrected chi connectivity index (χ0v) is 12.2. The van der Waals surface area contributed by atoms with E-state index in [2.05, 4.69) is 31.2 Å². The van der Waals surface area contributed by atoms with Crippen molar-refractivity contribution in [1.29, 1.82) is 0 Å².